The average molecular weight is 689 g/mol. The van der Waals surface area contributed by atoms with Gasteiger partial charge in [0.25, 0.3) is 0 Å². The van der Waals surface area contributed by atoms with Gasteiger partial charge in [-0.3, -0.25) is 0 Å². The van der Waals surface area contributed by atoms with Crippen LogP contribution in [0.4, 0.5) is 20.2 Å². The molecule has 8 nitrogen and oxygen atoms in total. The van der Waals surface area contributed by atoms with Gasteiger partial charge in [0.05, 0.1) is 67.2 Å². The van der Waals surface area contributed by atoms with Crippen molar-refractivity contribution in [2.75, 3.05) is 18.0 Å². The molecule has 0 heterocycles. The van der Waals surface area contributed by atoms with Gasteiger partial charge in [-0.2, -0.15) is 10.5 Å². The summed E-state index contributed by atoms with van der Waals surface area (Å²) < 4.78 is 60.6. The van der Waals surface area contributed by atoms with Gasteiger partial charge in [0.2, 0.25) is 0 Å². The molecule has 250 valence electrons. The van der Waals surface area contributed by atoms with Gasteiger partial charge in [-0.15, -0.1) is 0 Å². The van der Waals surface area contributed by atoms with Gasteiger partial charge in [0, 0.05) is 6.54 Å². The topological polar surface area (TPSA) is 149 Å². The minimum Gasteiger partial charge on any atom is -0.396 e. The van der Waals surface area contributed by atoms with E-state index in [1.165, 1.54) is 36.4 Å². The second-order valence-corrected chi connectivity index (χ2v) is 17.0. The Kier molecular flexibility index (Phi) is 11.2. The van der Waals surface area contributed by atoms with Crippen molar-refractivity contribution in [3.63, 3.8) is 0 Å². The Labute approximate surface area is 285 Å². The molecule has 0 aliphatic carbocycles. The van der Waals surface area contributed by atoms with E-state index < -0.39 is 55.2 Å². The lowest BCUT2D eigenvalue weighted by Gasteiger charge is -2.42. The van der Waals surface area contributed by atoms with Gasteiger partial charge < -0.3 is 11.5 Å². The van der Waals surface area contributed by atoms with Crippen LogP contribution in [0.3, 0.4) is 0 Å². The van der Waals surface area contributed by atoms with Crippen molar-refractivity contribution in [2.45, 2.75) is 56.2 Å². The monoisotopic (exact) mass is 688 g/mol. The first-order valence-corrected chi connectivity index (χ1v) is 17.3. The van der Waals surface area contributed by atoms with Crippen LogP contribution >= 0.6 is 0 Å². The summed E-state index contributed by atoms with van der Waals surface area (Å²) in [7, 11) is -3.50. The van der Waals surface area contributed by atoms with Crippen molar-refractivity contribution < 1.29 is 17.2 Å². The molecule has 4 aromatic carbocycles. The first-order chi connectivity index (χ1) is 22.6. The Bertz CT molecular complexity index is 1840. The summed E-state index contributed by atoms with van der Waals surface area (Å²) in [6, 6.07) is 24.2. The number of anilines is 2. The van der Waals surface area contributed by atoms with E-state index in [2.05, 4.69) is 16.9 Å². The molecule has 0 aromatic heterocycles. The van der Waals surface area contributed by atoms with Crippen LogP contribution in [0, 0.1) is 34.3 Å². The van der Waals surface area contributed by atoms with E-state index in [0.29, 0.717) is 33.4 Å². The van der Waals surface area contributed by atoms with Crippen LogP contribution in [0.5, 0.6) is 0 Å². The van der Waals surface area contributed by atoms with Crippen molar-refractivity contribution in [1.29, 1.82) is 10.5 Å². The molecule has 0 radical (unpaired) electrons. The van der Waals surface area contributed by atoms with E-state index in [4.69, 9.17) is 11.5 Å². The minimum atomic E-state index is -2.01. The van der Waals surface area contributed by atoms with Gasteiger partial charge >= 0.3 is 0 Å². The highest BCUT2D eigenvalue weighted by Crippen LogP contribution is 2.44. The van der Waals surface area contributed by atoms with E-state index in [9.17, 15) is 23.5 Å². The van der Waals surface area contributed by atoms with Crippen LogP contribution in [0.15, 0.2) is 84.9 Å². The quantitative estimate of drug-likeness (QED) is 0.152. The van der Waals surface area contributed by atoms with Gasteiger partial charge in [-0.1, -0.05) is 36.4 Å². The molecule has 0 amide bonds. The molecule has 5 N–H and O–H groups in total. The van der Waals surface area contributed by atoms with Gasteiger partial charge in [-0.05, 0) is 105 Å². The predicted molar refractivity (Wildman–Crippen MR) is 188 cm³/mol. The lowest BCUT2D eigenvalue weighted by Crippen LogP contribution is -2.50. The Morgan fingerprint density at radius 1 is 0.729 bits per heavy atom. The standard InChI is InChI=1S/C36H38F2N6O2S2/c1-35(2,3)47(45)43-22-36(4,5)48(46)44(33(25-10-6-8-23(16-25)20-39)27-12-14-29(37)31(41)18-27)34(26-11-7-9-24(17-26)21-40)28-13-15-30(38)32(42)19-28/h6-19,33-34,43H,22,41-42H2,1-5H3/t33-,34-,47+,48+/m0/s1. The zero-order valence-corrected chi connectivity index (χ0v) is 29.0. The Balaban J connectivity index is 2.09. The Morgan fingerprint density at radius 2 is 1.15 bits per heavy atom. The number of nitrogens with two attached hydrogens (primary N) is 2. The van der Waals surface area contributed by atoms with E-state index in [-0.39, 0.29) is 17.9 Å². The summed E-state index contributed by atoms with van der Waals surface area (Å²) in [4.78, 5) is 0. The summed E-state index contributed by atoms with van der Waals surface area (Å²) in [6.45, 7) is 9.02. The van der Waals surface area contributed by atoms with Crippen molar-refractivity contribution >= 4 is 33.3 Å². The van der Waals surface area contributed by atoms with E-state index >= 15 is 4.21 Å². The van der Waals surface area contributed by atoms with Gasteiger partial charge in [-0.25, -0.2) is 26.2 Å². The number of nitrogens with zero attached hydrogens (tertiary/aromatic N) is 3. The molecular formula is C36H38F2N6O2S2. The van der Waals surface area contributed by atoms with Crippen LogP contribution in [0.25, 0.3) is 0 Å². The van der Waals surface area contributed by atoms with Crippen molar-refractivity contribution in [3.8, 4) is 12.1 Å². The van der Waals surface area contributed by atoms with Gasteiger partial charge in [0.1, 0.15) is 22.6 Å². The number of benzene rings is 4. The molecule has 0 unspecified atom stereocenters. The van der Waals surface area contributed by atoms with E-state index in [0.717, 1.165) is 0 Å². The fourth-order valence-corrected chi connectivity index (χ4v) is 7.79. The normalized spacial score (nSPS) is 14.5. The number of rotatable bonds is 11. The second kappa shape index (κ2) is 14.8. The fraction of sp³-hybridized carbons (Fsp3) is 0.278. The molecule has 0 aliphatic heterocycles. The minimum absolute atomic E-state index is 0.0486. The highest BCUT2D eigenvalue weighted by molar-refractivity contribution is 7.85. The van der Waals surface area contributed by atoms with Crippen LogP contribution in [0.2, 0.25) is 0 Å². The van der Waals surface area contributed by atoms with E-state index in [1.807, 2.05) is 20.8 Å². The molecule has 0 fully saturated rings. The summed E-state index contributed by atoms with van der Waals surface area (Å²) in [5.41, 5.74) is 14.5. The third-order valence-electron chi connectivity index (χ3n) is 7.69. The van der Waals surface area contributed by atoms with Crippen LogP contribution in [-0.2, 0) is 22.0 Å². The molecule has 0 spiro atoms. The van der Waals surface area contributed by atoms with E-state index in [1.54, 1.807) is 66.7 Å². The smallest absolute Gasteiger partial charge is 0.146 e. The third kappa shape index (κ3) is 8.15. The second-order valence-electron chi connectivity index (χ2n) is 12.9. The number of nitrogens with one attached hydrogen (secondary N) is 1. The first-order valence-electron chi connectivity index (χ1n) is 15.0. The first kappa shape index (κ1) is 36.4. The third-order valence-corrected chi connectivity index (χ3v) is 11.1. The predicted octanol–water partition coefficient (Wildman–Crippen LogP) is 6.55. The maximum absolute atomic E-state index is 15.4. The lowest BCUT2D eigenvalue weighted by molar-refractivity contribution is 0.322. The zero-order chi connectivity index (χ0) is 35.4. The number of nitrogen functional groups attached to an aromatic ring is 2. The van der Waals surface area contributed by atoms with Crippen molar-refractivity contribution in [2.24, 2.45) is 0 Å². The average Bonchev–Trinajstić information content (AvgIpc) is 3.05. The molecule has 48 heavy (non-hydrogen) atoms. The Hall–Kier alpha value is -4.46. The van der Waals surface area contributed by atoms with Crippen molar-refractivity contribution in [1.82, 2.24) is 9.03 Å². The van der Waals surface area contributed by atoms with Crippen LogP contribution in [0.1, 0.15) is 80.1 Å². The largest absolute Gasteiger partial charge is 0.396 e. The lowest BCUT2D eigenvalue weighted by atomic mass is 9.91. The maximum atomic E-state index is 15.4. The molecule has 0 saturated carbocycles. The maximum Gasteiger partial charge on any atom is 0.146 e. The van der Waals surface area contributed by atoms with Gasteiger partial charge in [0.15, 0.2) is 0 Å². The summed E-state index contributed by atoms with van der Waals surface area (Å²) in [5.74, 6) is -1.29. The van der Waals surface area contributed by atoms with Crippen molar-refractivity contribution in [3.05, 3.63) is 130 Å². The highest BCUT2D eigenvalue weighted by Gasteiger charge is 2.42. The highest BCUT2D eigenvalue weighted by atomic mass is 32.2. The molecule has 0 aliphatic rings. The van der Waals surface area contributed by atoms with Crippen LogP contribution in [-0.4, -0.2) is 28.8 Å². The number of nitriles is 2. The summed E-state index contributed by atoms with van der Waals surface area (Å²) in [6.07, 6.45) is 0. The zero-order valence-electron chi connectivity index (χ0n) is 27.3. The molecule has 0 saturated heterocycles. The SMILES string of the molecule is CC(C)(C)[S@@](=O)NCC(C)(C)[S@@](=O)N([C@@H](c1cccc(C#N)c1)c1ccc(F)c(N)c1)[C@@H](c1cccc(C#N)c1)c1ccc(F)c(N)c1. The summed E-state index contributed by atoms with van der Waals surface area (Å²) >= 11 is 0. The molecular weight excluding hydrogens is 651 g/mol. The number of halogens is 2. The molecule has 4 atom stereocenters. The number of hydrogen-bond acceptors (Lipinski definition) is 6. The molecule has 4 aromatic rings. The molecule has 0 bridgehead atoms. The number of hydrogen-bond donors (Lipinski definition) is 3. The summed E-state index contributed by atoms with van der Waals surface area (Å²) in [5, 5.41) is 19.7. The molecule has 4 rings (SSSR count). The fourth-order valence-electron chi connectivity index (χ4n) is 5.14. The molecule has 12 heteroatoms. The Morgan fingerprint density at radius 3 is 1.52 bits per heavy atom. The van der Waals surface area contributed by atoms with Crippen LogP contribution < -0.4 is 16.2 Å².